The van der Waals surface area contributed by atoms with Gasteiger partial charge in [0.1, 0.15) is 0 Å². The molecule has 14 heavy (non-hydrogen) atoms. The predicted octanol–water partition coefficient (Wildman–Crippen LogP) is 0.278. The summed E-state index contributed by atoms with van der Waals surface area (Å²) in [5, 5.41) is 9.19. The van der Waals surface area contributed by atoms with Crippen LogP contribution in [0.1, 0.15) is 19.3 Å². The maximum Gasteiger partial charge on any atom is 0.0624 e. The second kappa shape index (κ2) is 4.39. The first-order chi connectivity index (χ1) is 6.73. The number of aliphatic hydroxyl groups is 1. The van der Waals surface area contributed by atoms with Crippen molar-refractivity contribution in [2.45, 2.75) is 30.8 Å². The van der Waals surface area contributed by atoms with Crippen molar-refractivity contribution in [1.29, 1.82) is 0 Å². The third-order valence-electron chi connectivity index (χ3n) is 3.44. The average Bonchev–Trinajstić information content (AvgIpc) is 2.63. The van der Waals surface area contributed by atoms with Gasteiger partial charge in [-0.3, -0.25) is 4.90 Å². The summed E-state index contributed by atoms with van der Waals surface area (Å²) < 4.78 is 0. The van der Waals surface area contributed by atoms with E-state index in [9.17, 15) is 5.11 Å². The smallest absolute Gasteiger partial charge is 0.0624 e. The number of hydrogen-bond acceptors (Lipinski definition) is 4. The molecule has 3 nitrogen and oxygen atoms in total. The van der Waals surface area contributed by atoms with Gasteiger partial charge in [-0.25, -0.2) is 0 Å². The van der Waals surface area contributed by atoms with Crippen LogP contribution in [-0.2, 0) is 0 Å². The minimum Gasteiger partial charge on any atom is -0.394 e. The van der Waals surface area contributed by atoms with Gasteiger partial charge in [-0.1, -0.05) is 0 Å². The number of nitrogens with zero attached hydrogens (tertiary/aromatic N) is 1. The van der Waals surface area contributed by atoms with Crippen LogP contribution in [0.25, 0.3) is 0 Å². The van der Waals surface area contributed by atoms with Crippen LogP contribution in [0.5, 0.6) is 0 Å². The molecular formula is C10H20N2OS. The van der Waals surface area contributed by atoms with E-state index in [0.717, 1.165) is 25.6 Å². The lowest BCUT2D eigenvalue weighted by Crippen LogP contribution is -2.48. The van der Waals surface area contributed by atoms with Crippen molar-refractivity contribution in [3.05, 3.63) is 0 Å². The van der Waals surface area contributed by atoms with E-state index in [0.29, 0.717) is 0 Å². The van der Waals surface area contributed by atoms with Crippen LogP contribution in [0.3, 0.4) is 0 Å². The van der Waals surface area contributed by atoms with E-state index < -0.39 is 0 Å². The number of rotatable bonds is 2. The highest BCUT2D eigenvalue weighted by molar-refractivity contribution is 7.99. The largest absolute Gasteiger partial charge is 0.394 e. The first-order valence-electron chi connectivity index (χ1n) is 5.45. The summed E-state index contributed by atoms with van der Waals surface area (Å²) in [7, 11) is 0. The highest BCUT2D eigenvalue weighted by Gasteiger charge is 2.37. The second-order valence-electron chi connectivity index (χ2n) is 4.58. The van der Waals surface area contributed by atoms with Gasteiger partial charge in [0, 0.05) is 19.1 Å². The molecule has 0 aliphatic carbocycles. The van der Waals surface area contributed by atoms with Gasteiger partial charge in [0.2, 0.25) is 0 Å². The van der Waals surface area contributed by atoms with E-state index >= 15 is 0 Å². The summed E-state index contributed by atoms with van der Waals surface area (Å²) in [6.45, 7) is 2.09. The van der Waals surface area contributed by atoms with Gasteiger partial charge >= 0.3 is 0 Å². The quantitative estimate of drug-likeness (QED) is 0.696. The van der Waals surface area contributed by atoms with Gasteiger partial charge in [-0.05, 0) is 30.8 Å². The van der Waals surface area contributed by atoms with Crippen LogP contribution < -0.4 is 5.73 Å². The maximum atomic E-state index is 9.19. The molecule has 3 N–H and O–H groups in total. The molecule has 1 atom stereocenters. The first-order valence-corrected chi connectivity index (χ1v) is 6.60. The van der Waals surface area contributed by atoms with Gasteiger partial charge < -0.3 is 10.8 Å². The van der Waals surface area contributed by atoms with Crippen LogP contribution >= 0.6 is 11.8 Å². The van der Waals surface area contributed by atoms with Crippen LogP contribution in [-0.4, -0.2) is 52.8 Å². The van der Waals surface area contributed by atoms with Crippen LogP contribution in [0.2, 0.25) is 0 Å². The first kappa shape index (κ1) is 10.7. The topological polar surface area (TPSA) is 49.5 Å². The average molecular weight is 216 g/mol. The Hall–Kier alpha value is 0.230. The standard InChI is InChI=1S/C10H20N2OS/c11-10(8-13)3-4-12(7-10)9-1-5-14-6-2-9/h9,13H,1-8,11H2. The fourth-order valence-electron chi connectivity index (χ4n) is 2.42. The minimum absolute atomic E-state index is 0.130. The molecule has 2 rings (SSSR count). The van der Waals surface area contributed by atoms with Crippen molar-refractivity contribution in [3.8, 4) is 0 Å². The van der Waals surface area contributed by atoms with Gasteiger partial charge in [0.25, 0.3) is 0 Å². The highest BCUT2D eigenvalue weighted by atomic mass is 32.2. The molecule has 0 aromatic rings. The third-order valence-corrected chi connectivity index (χ3v) is 4.49. The molecular weight excluding hydrogens is 196 g/mol. The zero-order valence-electron chi connectivity index (χ0n) is 8.61. The number of nitrogens with two attached hydrogens (primary N) is 1. The van der Waals surface area contributed by atoms with Crippen LogP contribution in [0.15, 0.2) is 0 Å². The minimum atomic E-state index is -0.315. The molecule has 82 valence electrons. The Bertz CT molecular complexity index is 197. The Morgan fingerprint density at radius 1 is 1.43 bits per heavy atom. The highest BCUT2D eigenvalue weighted by Crippen LogP contribution is 2.27. The Balaban J connectivity index is 1.88. The lowest BCUT2D eigenvalue weighted by atomic mass is 10.0. The molecule has 2 aliphatic rings. The van der Waals surface area contributed by atoms with Crippen LogP contribution in [0.4, 0.5) is 0 Å². The Morgan fingerprint density at radius 3 is 2.71 bits per heavy atom. The Labute approximate surface area is 90.0 Å². The molecule has 0 radical (unpaired) electrons. The normalized spacial score (nSPS) is 36.4. The molecule has 0 saturated carbocycles. The molecule has 2 heterocycles. The van der Waals surface area contributed by atoms with Crippen molar-refractivity contribution in [1.82, 2.24) is 4.90 Å². The number of hydrogen-bond donors (Lipinski definition) is 2. The zero-order chi connectivity index (χ0) is 10.0. The number of likely N-dealkylation sites (tertiary alicyclic amines) is 1. The summed E-state index contributed by atoms with van der Waals surface area (Å²) in [6, 6.07) is 0.730. The second-order valence-corrected chi connectivity index (χ2v) is 5.81. The van der Waals surface area contributed by atoms with E-state index in [4.69, 9.17) is 5.73 Å². The molecule has 2 aliphatic heterocycles. The van der Waals surface area contributed by atoms with E-state index in [2.05, 4.69) is 16.7 Å². The monoisotopic (exact) mass is 216 g/mol. The van der Waals surface area contributed by atoms with Crippen molar-refractivity contribution < 1.29 is 5.11 Å². The molecule has 2 saturated heterocycles. The molecule has 1 unspecified atom stereocenters. The lowest BCUT2D eigenvalue weighted by molar-refractivity contribution is 0.171. The summed E-state index contributed by atoms with van der Waals surface area (Å²) in [4.78, 5) is 2.48. The van der Waals surface area contributed by atoms with Crippen LogP contribution in [0, 0.1) is 0 Å². The molecule has 0 amide bonds. The fraction of sp³-hybridized carbons (Fsp3) is 1.00. The Morgan fingerprint density at radius 2 is 2.14 bits per heavy atom. The zero-order valence-corrected chi connectivity index (χ0v) is 9.43. The molecule has 0 aromatic carbocycles. The summed E-state index contributed by atoms with van der Waals surface area (Å²) >= 11 is 2.06. The van der Waals surface area contributed by atoms with Crippen molar-refractivity contribution in [2.75, 3.05) is 31.2 Å². The predicted molar refractivity (Wildman–Crippen MR) is 60.5 cm³/mol. The molecule has 4 heteroatoms. The lowest BCUT2D eigenvalue weighted by Gasteiger charge is -2.32. The number of aliphatic hydroxyl groups excluding tert-OH is 1. The van der Waals surface area contributed by atoms with E-state index in [1.165, 1.54) is 24.3 Å². The fourth-order valence-corrected chi connectivity index (χ4v) is 3.50. The van der Waals surface area contributed by atoms with E-state index in [1.54, 1.807) is 0 Å². The number of thioether (sulfide) groups is 1. The van der Waals surface area contributed by atoms with Gasteiger partial charge in [-0.15, -0.1) is 0 Å². The van der Waals surface area contributed by atoms with Gasteiger partial charge in [0.05, 0.1) is 12.1 Å². The molecule has 2 fully saturated rings. The van der Waals surface area contributed by atoms with Crippen molar-refractivity contribution in [3.63, 3.8) is 0 Å². The SMILES string of the molecule is NC1(CO)CCN(C2CCSCC2)C1. The summed E-state index contributed by atoms with van der Waals surface area (Å²) in [5.41, 5.74) is 5.74. The van der Waals surface area contributed by atoms with E-state index in [-0.39, 0.29) is 12.1 Å². The van der Waals surface area contributed by atoms with Crippen molar-refractivity contribution >= 4 is 11.8 Å². The molecule has 0 aromatic heterocycles. The molecule has 0 spiro atoms. The Kier molecular flexibility index (Phi) is 3.37. The molecule has 0 bridgehead atoms. The summed E-state index contributed by atoms with van der Waals surface area (Å²) in [5.74, 6) is 2.58. The van der Waals surface area contributed by atoms with Gasteiger partial charge in [-0.2, -0.15) is 11.8 Å². The maximum absolute atomic E-state index is 9.19. The van der Waals surface area contributed by atoms with Crippen molar-refractivity contribution in [2.24, 2.45) is 5.73 Å². The third kappa shape index (κ3) is 2.24. The van der Waals surface area contributed by atoms with Gasteiger partial charge in [0.15, 0.2) is 0 Å². The summed E-state index contributed by atoms with van der Waals surface area (Å²) in [6.07, 6.45) is 3.55. The van der Waals surface area contributed by atoms with E-state index in [1.807, 2.05) is 0 Å².